The fourth-order valence-corrected chi connectivity index (χ4v) is 6.09. The van der Waals surface area contributed by atoms with E-state index in [-0.39, 0.29) is 29.5 Å². The molecule has 3 aromatic carbocycles. The van der Waals surface area contributed by atoms with Crippen molar-refractivity contribution in [1.29, 1.82) is 0 Å². The van der Waals surface area contributed by atoms with Gasteiger partial charge in [-0.25, -0.2) is 8.42 Å². The minimum absolute atomic E-state index is 0.0163. The topological polar surface area (TPSA) is 86.8 Å². The molecule has 2 amide bonds. The number of hydrogen-bond donors (Lipinski definition) is 1. The number of benzene rings is 3. The van der Waals surface area contributed by atoms with Gasteiger partial charge in [-0.1, -0.05) is 66.0 Å². The van der Waals surface area contributed by atoms with Crippen LogP contribution in [0.2, 0.25) is 15.1 Å². The molecule has 0 spiro atoms. The maximum Gasteiger partial charge on any atom is 0.264 e. The Balaban J connectivity index is 2.08. The molecule has 0 bridgehead atoms. The van der Waals surface area contributed by atoms with E-state index in [1.807, 2.05) is 20.8 Å². The van der Waals surface area contributed by atoms with E-state index in [1.54, 1.807) is 55.5 Å². The molecule has 0 aliphatic carbocycles. The monoisotopic (exact) mass is 623 g/mol. The van der Waals surface area contributed by atoms with Gasteiger partial charge in [-0.05, 0) is 81.3 Å². The zero-order chi connectivity index (χ0) is 29.7. The van der Waals surface area contributed by atoms with Gasteiger partial charge in [0.1, 0.15) is 12.6 Å². The van der Waals surface area contributed by atoms with Crippen LogP contribution in [0.3, 0.4) is 0 Å². The molecule has 1 atom stereocenters. The number of carbonyl (C=O) groups excluding carboxylic acids is 2. The van der Waals surface area contributed by atoms with Crippen molar-refractivity contribution in [2.75, 3.05) is 10.8 Å². The van der Waals surface area contributed by atoms with Crippen molar-refractivity contribution >= 4 is 62.3 Å². The maximum atomic E-state index is 14.1. The highest BCUT2D eigenvalue weighted by molar-refractivity contribution is 7.92. The summed E-state index contributed by atoms with van der Waals surface area (Å²) in [7, 11) is -4.16. The Bertz CT molecular complexity index is 1440. The van der Waals surface area contributed by atoms with E-state index >= 15 is 0 Å². The summed E-state index contributed by atoms with van der Waals surface area (Å²) in [5, 5.41) is 4.09. The van der Waals surface area contributed by atoms with Gasteiger partial charge in [-0.15, -0.1) is 0 Å². The lowest BCUT2D eigenvalue weighted by molar-refractivity contribution is -0.141. The van der Waals surface area contributed by atoms with Crippen molar-refractivity contribution in [3.05, 3.63) is 93.4 Å². The van der Waals surface area contributed by atoms with E-state index in [2.05, 4.69) is 5.32 Å². The van der Waals surface area contributed by atoms with Gasteiger partial charge >= 0.3 is 0 Å². The van der Waals surface area contributed by atoms with Gasteiger partial charge in [0.05, 0.1) is 10.6 Å². The van der Waals surface area contributed by atoms with Crippen LogP contribution >= 0.6 is 34.8 Å². The van der Waals surface area contributed by atoms with Crippen molar-refractivity contribution < 1.29 is 18.0 Å². The molecule has 3 aromatic rings. The minimum Gasteiger partial charge on any atom is -0.350 e. The third-order valence-corrected chi connectivity index (χ3v) is 8.59. The molecule has 0 saturated carbocycles. The summed E-state index contributed by atoms with van der Waals surface area (Å²) in [6.07, 6.45) is 0.283. The van der Waals surface area contributed by atoms with Crippen LogP contribution in [-0.4, -0.2) is 43.3 Å². The standard InChI is InChI=1S/C29H32Cl3N3O4S/c1-5-26(28(37)33-29(2,3)4)34(18-20-11-12-22(31)17-25(20)32)27(36)19-35(23-15-13-21(30)14-16-23)40(38,39)24-9-7-6-8-10-24/h6-17,26H,5,18-19H2,1-4H3,(H,33,37)/t26-/m0/s1. The van der Waals surface area contributed by atoms with Crippen LogP contribution in [0, 0.1) is 0 Å². The molecule has 214 valence electrons. The Morgan fingerprint density at radius 3 is 2.05 bits per heavy atom. The summed E-state index contributed by atoms with van der Waals surface area (Å²) < 4.78 is 28.6. The van der Waals surface area contributed by atoms with E-state index in [0.717, 1.165) is 4.31 Å². The van der Waals surface area contributed by atoms with Crippen molar-refractivity contribution in [3.63, 3.8) is 0 Å². The maximum absolute atomic E-state index is 14.1. The molecule has 0 aliphatic heterocycles. The van der Waals surface area contributed by atoms with Crippen molar-refractivity contribution in [2.24, 2.45) is 0 Å². The van der Waals surface area contributed by atoms with E-state index in [9.17, 15) is 18.0 Å². The third-order valence-electron chi connectivity index (χ3n) is 5.96. The van der Waals surface area contributed by atoms with Gasteiger partial charge in [0.25, 0.3) is 10.0 Å². The zero-order valence-corrected chi connectivity index (χ0v) is 25.8. The molecule has 3 rings (SSSR count). The summed E-state index contributed by atoms with van der Waals surface area (Å²) >= 11 is 18.6. The van der Waals surface area contributed by atoms with E-state index < -0.39 is 34.1 Å². The molecule has 0 aromatic heterocycles. The lowest BCUT2D eigenvalue weighted by Crippen LogP contribution is -2.55. The Kier molecular flexibility index (Phi) is 10.5. The molecule has 7 nitrogen and oxygen atoms in total. The largest absolute Gasteiger partial charge is 0.350 e. The van der Waals surface area contributed by atoms with E-state index in [4.69, 9.17) is 34.8 Å². The second-order valence-corrected chi connectivity index (χ2v) is 13.4. The first-order valence-corrected chi connectivity index (χ1v) is 15.2. The molecule has 1 N–H and O–H groups in total. The van der Waals surface area contributed by atoms with Gasteiger partial charge in [-0.2, -0.15) is 0 Å². The second kappa shape index (κ2) is 13.3. The van der Waals surface area contributed by atoms with Gasteiger partial charge in [0.15, 0.2) is 0 Å². The lowest BCUT2D eigenvalue weighted by Gasteiger charge is -2.35. The molecule has 40 heavy (non-hydrogen) atoms. The van der Waals surface area contributed by atoms with Gasteiger partial charge in [-0.3, -0.25) is 13.9 Å². The number of nitrogens with zero attached hydrogens (tertiary/aromatic N) is 2. The van der Waals surface area contributed by atoms with Crippen LogP contribution < -0.4 is 9.62 Å². The molecule has 0 fully saturated rings. The molecular formula is C29H32Cl3N3O4S. The smallest absolute Gasteiger partial charge is 0.264 e. The number of halogens is 3. The predicted molar refractivity (Wildman–Crippen MR) is 161 cm³/mol. The van der Waals surface area contributed by atoms with Crippen molar-refractivity contribution in [1.82, 2.24) is 10.2 Å². The highest BCUT2D eigenvalue weighted by Gasteiger charge is 2.34. The van der Waals surface area contributed by atoms with Crippen molar-refractivity contribution in [3.8, 4) is 0 Å². The van der Waals surface area contributed by atoms with Gasteiger partial charge < -0.3 is 10.2 Å². The highest BCUT2D eigenvalue weighted by Crippen LogP contribution is 2.27. The highest BCUT2D eigenvalue weighted by atomic mass is 35.5. The number of hydrogen-bond acceptors (Lipinski definition) is 4. The van der Waals surface area contributed by atoms with Crippen LogP contribution in [0.15, 0.2) is 77.7 Å². The third kappa shape index (κ3) is 8.13. The fourth-order valence-electron chi connectivity index (χ4n) is 4.06. The van der Waals surface area contributed by atoms with E-state index in [1.165, 1.54) is 29.2 Å². The summed E-state index contributed by atoms with van der Waals surface area (Å²) in [4.78, 5) is 28.8. The first kappa shape index (κ1) is 31.7. The fraction of sp³-hybridized carbons (Fsp3) is 0.310. The van der Waals surface area contributed by atoms with Crippen LogP contribution in [0.5, 0.6) is 0 Å². The Morgan fingerprint density at radius 2 is 1.50 bits per heavy atom. The first-order valence-electron chi connectivity index (χ1n) is 12.6. The SMILES string of the molecule is CC[C@@H](C(=O)NC(C)(C)C)N(Cc1ccc(Cl)cc1Cl)C(=O)CN(c1ccc(Cl)cc1)S(=O)(=O)c1ccccc1. The Morgan fingerprint density at radius 1 is 0.900 bits per heavy atom. The van der Waals surface area contributed by atoms with Crippen LogP contribution in [0.4, 0.5) is 5.69 Å². The minimum atomic E-state index is -4.16. The zero-order valence-electron chi connectivity index (χ0n) is 22.7. The Hall–Kier alpha value is -2.78. The number of amides is 2. The molecule has 0 unspecified atom stereocenters. The van der Waals surface area contributed by atoms with Gasteiger partial charge in [0.2, 0.25) is 11.8 Å². The van der Waals surface area contributed by atoms with Gasteiger partial charge in [0, 0.05) is 27.2 Å². The number of rotatable bonds is 10. The first-order chi connectivity index (χ1) is 18.7. The number of sulfonamides is 1. The second-order valence-electron chi connectivity index (χ2n) is 10.2. The average Bonchev–Trinajstić information content (AvgIpc) is 2.88. The quantitative estimate of drug-likeness (QED) is 0.277. The summed E-state index contributed by atoms with van der Waals surface area (Å²) in [5.74, 6) is -0.950. The number of carbonyl (C=O) groups is 2. The molecule has 0 radical (unpaired) electrons. The average molecular weight is 625 g/mol. The van der Waals surface area contributed by atoms with Crippen LogP contribution in [0.25, 0.3) is 0 Å². The molecule has 0 aliphatic rings. The molecule has 0 heterocycles. The lowest BCUT2D eigenvalue weighted by atomic mass is 10.1. The predicted octanol–water partition coefficient (Wildman–Crippen LogP) is 6.56. The van der Waals surface area contributed by atoms with Crippen LogP contribution in [-0.2, 0) is 26.2 Å². The molecule has 0 saturated heterocycles. The molecular weight excluding hydrogens is 593 g/mol. The molecule has 11 heteroatoms. The normalized spacial score (nSPS) is 12.5. The number of anilines is 1. The van der Waals surface area contributed by atoms with E-state index in [0.29, 0.717) is 20.6 Å². The summed E-state index contributed by atoms with van der Waals surface area (Å²) in [6.45, 7) is 6.71. The van der Waals surface area contributed by atoms with Crippen LogP contribution in [0.1, 0.15) is 39.7 Å². The Labute approximate surface area is 251 Å². The number of nitrogens with one attached hydrogen (secondary N) is 1. The van der Waals surface area contributed by atoms with Crippen molar-refractivity contribution in [2.45, 2.75) is 57.1 Å². The summed E-state index contributed by atoms with van der Waals surface area (Å²) in [5.41, 5.74) is 0.256. The summed E-state index contributed by atoms with van der Waals surface area (Å²) in [6, 6.07) is 18.0.